The van der Waals surface area contributed by atoms with Crippen LogP contribution >= 0.6 is 0 Å². The Kier molecular flexibility index (Phi) is 6.27. The second kappa shape index (κ2) is 7.59. The highest BCUT2D eigenvalue weighted by Crippen LogP contribution is 2.07. The molecular formula is C10H21N3O2. The van der Waals surface area contributed by atoms with Crippen molar-refractivity contribution in [3.63, 3.8) is 0 Å². The largest absolute Gasteiger partial charge is 0.353 e. The molecule has 0 aromatic rings. The Balaban J connectivity index is 2.19. The van der Waals surface area contributed by atoms with Gasteiger partial charge in [-0.05, 0) is 20.3 Å². The molecule has 0 bridgehead atoms. The van der Waals surface area contributed by atoms with Crippen LogP contribution < -0.4 is 0 Å². The third-order valence-electron chi connectivity index (χ3n) is 2.19. The summed E-state index contributed by atoms with van der Waals surface area (Å²) in [5.74, 6) is 0. The number of ether oxygens (including phenoxy) is 2. The van der Waals surface area contributed by atoms with Gasteiger partial charge < -0.3 is 9.47 Å². The van der Waals surface area contributed by atoms with Crippen LogP contribution in [0.1, 0.15) is 26.7 Å². The first kappa shape index (κ1) is 12.4. The lowest BCUT2D eigenvalue weighted by atomic mass is 10.3. The molecule has 0 N–H and O–H groups in total. The lowest BCUT2D eigenvalue weighted by Crippen LogP contribution is -2.28. The van der Waals surface area contributed by atoms with E-state index in [1.165, 1.54) is 0 Å². The molecule has 0 saturated carbocycles. The molecule has 5 heteroatoms. The van der Waals surface area contributed by atoms with E-state index in [1.54, 1.807) is 0 Å². The predicted octanol–water partition coefficient (Wildman–Crippen LogP) is 1.85. The minimum Gasteiger partial charge on any atom is -0.353 e. The van der Waals surface area contributed by atoms with Crippen LogP contribution in [-0.4, -0.2) is 44.1 Å². The maximum Gasteiger partial charge on any atom is 0.159 e. The quantitative estimate of drug-likeness (QED) is 0.609. The second-order valence-electron chi connectivity index (χ2n) is 3.39. The molecule has 5 nitrogen and oxygen atoms in total. The molecule has 0 aliphatic carbocycles. The molecular weight excluding hydrogens is 194 g/mol. The van der Waals surface area contributed by atoms with E-state index in [-0.39, 0.29) is 6.29 Å². The third kappa shape index (κ3) is 5.09. The average molecular weight is 215 g/mol. The maximum absolute atomic E-state index is 5.45. The van der Waals surface area contributed by atoms with Gasteiger partial charge in [-0.15, -0.1) is 0 Å². The number of hydrogen-bond donors (Lipinski definition) is 0. The summed E-state index contributed by atoms with van der Waals surface area (Å²) in [4.78, 5) is 0. The summed E-state index contributed by atoms with van der Waals surface area (Å²) in [6.07, 6.45) is 1.84. The monoisotopic (exact) mass is 215 g/mol. The van der Waals surface area contributed by atoms with Crippen molar-refractivity contribution in [2.75, 3.05) is 32.8 Å². The lowest BCUT2D eigenvalue weighted by Gasteiger charge is -2.23. The molecule has 1 rings (SSSR count). The normalized spacial score (nSPS) is 16.3. The van der Waals surface area contributed by atoms with Gasteiger partial charge in [0.15, 0.2) is 6.29 Å². The van der Waals surface area contributed by atoms with Crippen LogP contribution in [0.25, 0.3) is 0 Å². The van der Waals surface area contributed by atoms with E-state index in [4.69, 9.17) is 9.47 Å². The fourth-order valence-electron chi connectivity index (χ4n) is 1.50. The molecule has 0 fully saturated rings. The van der Waals surface area contributed by atoms with Crippen molar-refractivity contribution in [3.8, 4) is 0 Å². The Morgan fingerprint density at radius 2 is 2.00 bits per heavy atom. The number of rotatable bonds is 7. The molecule has 0 radical (unpaired) electrons. The van der Waals surface area contributed by atoms with Gasteiger partial charge in [0.05, 0.1) is 6.54 Å². The van der Waals surface area contributed by atoms with E-state index in [1.807, 2.05) is 18.9 Å². The molecule has 0 spiro atoms. The minimum absolute atomic E-state index is 0.0999. The molecule has 1 heterocycles. The Labute approximate surface area is 91.4 Å². The van der Waals surface area contributed by atoms with E-state index in [0.717, 1.165) is 32.5 Å². The van der Waals surface area contributed by atoms with Crippen molar-refractivity contribution in [1.82, 2.24) is 5.01 Å². The highest BCUT2D eigenvalue weighted by molar-refractivity contribution is 4.58. The van der Waals surface area contributed by atoms with E-state index in [9.17, 15) is 0 Å². The van der Waals surface area contributed by atoms with E-state index < -0.39 is 0 Å². The average Bonchev–Trinajstić information content (AvgIpc) is 2.28. The van der Waals surface area contributed by atoms with Crippen LogP contribution in [0.5, 0.6) is 0 Å². The fraction of sp³-hybridized carbons (Fsp3) is 1.00. The van der Waals surface area contributed by atoms with E-state index >= 15 is 0 Å². The Hall–Kier alpha value is -0.680. The molecule has 1 aliphatic rings. The molecule has 0 saturated heterocycles. The third-order valence-corrected chi connectivity index (χ3v) is 2.19. The van der Waals surface area contributed by atoms with Gasteiger partial charge in [0.2, 0.25) is 0 Å². The summed E-state index contributed by atoms with van der Waals surface area (Å²) in [7, 11) is 0. The van der Waals surface area contributed by atoms with Crippen LogP contribution in [0.15, 0.2) is 10.3 Å². The van der Waals surface area contributed by atoms with E-state index in [2.05, 4.69) is 10.3 Å². The summed E-state index contributed by atoms with van der Waals surface area (Å²) in [6, 6.07) is 0. The van der Waals surface area contributed by atoms with Crippen molar-refractivity contribution in [2.45, 2.75) is 33.0 Å². The van der Waals surface area contributed by atoms with Gasteiger partial charge in [-0.25, -0.2) is 0 Å². The molecule has 0 amide bonds. The number of hydrogen-bond acceptors (Lipinski definition) is 5. The molecule has 15 heavy (non-hydrogen) atoms. The van der Waals surface area contributed by atoms with Gasteiger partial charge in [-0.1, -0.05) is 5.22 Å². The molecule has 0 atom stereocenters. The summed E-state index contributed by atoms with van der Waals surface area (Å²) >= 11 is 0. The van der Waals surface area contributed by atoms with Gasteiger partial charge in [0.25, 0.3) is 0 Å². The molecule has 1 aliphatic heterocycles. The second-order valence-corrected chi connectivity index (χ2v) is 3.39. The number of nitrogens with zero attached hydrogens (tertiary/aromatic N) is 3. The molecule has 88 valence electrons. The van der Waals surface area contributed by atoms with Crippen molar-refractivity contribution in [3.05, 3.63) is 0 Å². The SMILES string of the molecule is CCOC(CCN1CCCN=N1)OCC. The van der Waals surface area contributed by atoms with E-state index in [0.29, 0.717) is 13.2 Å². The standard InChI is InChI=1S/C10H21N3O2/c1-3-14-10(15-4-2)6-9-13-8-5-7-11-12-13/h10H,3-9H2,1-2H3. The van der Waals surface area contributed by atoms with Crippen LogP contribution in [0.4, 0.5) is 0 Å². The zero-order chi connectivity index (χ0) is 10.9. The van der Waals surface area contributed by atoms with Crippen LogP contribution in [0, 0.1) is 0 Å². The van der Waals surface area contributed by atoms with Crippen LogP contribution in [0.2, 0.25) is 0 Å². The summed E-state index contributed by atoms with van der Waals surface area (Å²) in [6.45, 7) is 8.04. The highest BCUT2D eigenvalue weighted by atomic mass is 16.7. The smallest absolute Gasteiger partial charge is 0.159 e. The van der Waals surface area contributed by atoms with Crippen LogP contribution in [-0.2, 0) is 9.47 Å². The Bertz CT molecular complexity index is 182. The highest BCUT2D eigenvalue weighted by Gasteiger charge is 2.11. The minimum atomic E-state index is -0.0999. The predicted molar refractivity (Wildman–Crippen MR) is 57.6 cm³/mol. The summed E-state index contributed by atoms with van der Waals surface area (Å²) in [5.41, 5.74) is 0. The zero-order valence-corrected chi connectivity index (χ0v) is 9.69. The van der Waals surface area contributed by atoms with Crippen molar-refractivity contribution in [2.24, 2.45) is 10.3 Å². The van der Waals surface area contributed by atoms with Gasteiger partial charge in [-0.2, -0.15) is 5.11 Å². The summed E-state index contributed by atoms with van der Waals surface area (Å²) < 4.78 is 10.9. The van der Waals surface area contributed by atoms with Gasteiger partial charge in [0, 0.05) is 32.7 Å². The summed E-state index contributed by atoms with van der Waals surface area (Å²) in [5, 5.41) is 10.0. The first-order chi connectivity index (χ1) is 7.36. The zero-order valence-electron chi connectivity index (χ0n) is 9.69. The van der Waals surface area contributed by atoms with Crippen molar-refractivity contribution < 1.29 is 9.47 Å². The fourth-order valence-corrected chi connectivity index (χ4v) is 1.50. The molecule has 0 aromatic carbocycles. The van der Waals surface area contributed by atoms with Crippen molar-refractivity contribution >= 4 is 0 Å². The Morgan fingerprint density at radius 1 is 1.27 bits per heavy atom. The topological polar surface area (TPSA) is 46.4 Å². The first-order valence-electron chi connectivity index (χ1n) is 5.72. The maximum atomic E-state index is 5.45. The van der Waals surface area contributed by atoms with Crippen LogP contribution in [0.3, 0.4) is 0 Å². The lowest BCUT2D eigenvalue weighted by molar-refractivity contribution is -0.142. The van der Waals surface area contributed by atoms with Gasteiger partial charge >= 0.3 is 0 Å². The Morgan fingerprint density at radius 3 is 2.53 bits per heavy atom. The van der Waals surface area contributed by atoms with Crippen molar-refractivity contribution in [1.29, 1.82) is 0 Å². The molecule has 0 aromatic heterocycles. The van der Waals surface area contributed by atoms with Gasteiger partial charge in [0.1, 0.15) is 0 Å². The molecule has 0 unspecified atom stereocenters. The van der Waals surface area contributed by atoms with Gasteiger partial charge in [-0.3, -0.25) is 5.01 Å². The first-order valence-corrected chi connectivity index (χ1v) is 5.72.